The van der Waals surface area contributed by atoms with E-state index in [1.54, 1.807) is 16.8 Å². The van der Waals surface area contributed by atoms with Gasteiger partial charge in [-0.05, 0) is 26.7 Å². The Labute approximate surface area is 155 Å². The van der Waals surface area contributed by atoms with Gasteiger partial charge >= 0.3 is 6.18 Å². The van der Waals surface area contributed by atoms with Crippen LogP contribution >= 0.6 is 0 Å². The summed E-state index contributed by atoms with van der Waals surface area (Å²) in [6, 6.07) is 0.967. The number of anilines is 1. The average molecular weight is 385 g/mol. The van der Waals surface area contributed by atoms with Crippen LogP contribution in [0.15, 0.2) is 17.5 Å². The molecule has 2 aliphatic rings. The van der Waals surface area contributed by atoms with Crippen LogP contribution in [0.5, 0.6) is 0 Å². The first-order valence-corrected chi connectivity index (χ1v) is 8.78. The van der Waals surface area contributed by atoms with Gasteiger partial charge in [-0.3, -0.25) is 4.79 Å². The van der Waals surface area contributed by atoms with Gasteiger partial charge in [0.05, 0.1) is 6.54 Å². The Balaban J connectivity index is 1.73. The van der Waals surface area contributed by atoms with E-state index in [1.807, 2.05) is 13.8 Å². The van der Waals surface area contributed by atoms with E-state index in [9.17, 15) is 18.0 Å². The average Bonchev–Trinajstić information content (AvgIpc) is 3.03. The highest BCUT2D eigenvalue weighted by Crippen LogP contribution is 2.36. The molecule has 1 fully saturated rings. The number of amides is 1. The molecule has 7 nitrogen and oxygen atoms in total. The Kier molecular flexibility index (Phi) is 5.00. The Bertz CT molecular complexity index is 752. The predicted octanol–water partition coefficient (Wildman–Crippen LogP) is 2.48. The minimum atomic E-state index is -4.53. The molecule has 0 radical (unpaired) electrons. The number of piperidine rings is 1. The number of nitrogens with zero attached hydrogens (tertiary/aromatic N) is 5. The summed E-state index contributed by atoms with van der Waals surface area (Å²) in [6.45, 7) is 4.67. The monoisotopic (exact) mass is 385 g/mol. The number of carbonyl (C=O) groups is 1. The van der Waals surface area contributed by atoms with Gasteiger partial charge in [0, 0.05) is 32.1 Å². The molecule has 1 saturated heterocycles. The lowest BCUT2D eigenvalue weighted by molar-refractivity contribution is -0.141. The molecule has 0 saturated carbocycles. The molecule has 0 bridgehead atoms. The first-order valence-electron chi connectivity index (χ1n) is 8.78. The van der Waals surface area contributed by atoms with Crippen LogP contribution < -0.4 is 4.90 Å². The molecule has 148 valence electrons. The standard InChI is InChI=1S/C17H22F3N5O2/c1-11(2)24(3)15(26)12-8-16(27-23-12)5-4-6-25(9-16)14-7-13(17(18,19)20)21-10-22-14/h7,10-11H,4-6,8-9H2,1-3H3. The summed E-state index contributed by atoms with van der Waals surface area (Å²) in [6.07, 6.45) is -1.91. The fraction of sp³-hybridized carbons (Fsp3) is 0.647. The second kappa shape index (κ2) is 6.97. The maximum Gasteiger partial charge on any atom is 0.433 e. The molecular weight excluding hydrogens is 363 g/mol. The lowest BCUT2D eigenvalue weighted by Crippen LogP contribution is -2.49. The van der Waals surface area contributed by atoms with Crippen LogP contribution in [0.4, 0.5) is 19.0 Å². The number of halogens is 3. The van der Waals surface area contributed by atoms with Crippen LogP contribution in [-0.4, -0.2) is 58.3 Å². The van der Waals surface area contributed by atoms with Gasteiger partial charge in [-0.25, -0.2) is 9.97 Å². The Morgan fingerprint density at radius 3 is 2.78 bits per heavy atom. The minimum absolute atomic E-state index is 0.0291. The minimum Gasteiger partial charge on any atom is -0.386 e. The van der Waals surface area contributed by atoms with Gasteiger partial charge in [-0.1, -0.05) is 5.16 Å². The molecular formula is C17H22F3N5O2. The number of hydrogen-bond acceptors (Lipinski definition) is 6. The molecule has 0 aliphatic carbocycles. The normalized spacial score (nSPS) is 22.8. The summed E-state index contributed by atoms with van der Waals surface area (Å²) < 4.78 is 38.7. The SMILES string of the molecule is CC(C)N(C)C(=O)C1=NOC2(CCCN(c3cc(C(F)(F)F)ncn3)C2)C1. The number of hydrogen-bond donors (Lipinski definition) is 0. The van der Waals surface area contributed by atoms with E-state index in [1.165, 1.54) is 0 Å². The molecule has 1 unspecified atom stereocenters. The van der Waals surface area contributed by atoms with Crippen LogP contribution in [0, 0.1) is 0 Å². The smallest absolute Gasteiger partial charge is 0.386 e. The summed E-state index contributed by atoms with van der Waals surface area (Å²) in [7, 11) is 1.70. The van der Waals surface area contributed by atoms with Crippen molar-refractivity contribution < 1.29 is 22.8 Å². The molecule has 3 rings (SSSR count). The number of alkyl halides is 3. The van der Waals surface area contributed by atoms with Crippen molar-refractivity contribution in [3.63, 3.8) is 0 Å². The van der Waals surface area contributed by atoms with E-state index in [0.717, 1.165) is 12.4 Å². The van der Waals surface area contributed by atoms with Crippen molar-refractivity contribution in [1.29, 1.82) is 0 Å². The van der Waals surface area contributed by atoms with Gasteiger partial charge in [0.25, 0.3) is 5.91 Å². The van der Waals surface area contributed by atoms with E-state index in [2.05, 4.69) is 15.1 Å². The highest BCUT2D eigenvalue weighted by Gasteiger charge is 2.45. The van der Waals surface area contributed by atoms with Crippen LogP contribution in [0.1, 0.15) is 38.8 Å². The molecule has 2 aliphatic heterocycles. The van der Waals surface area contributed by atoms with Crippen molar-refractivity contribution in [1.82, 2.24) is 14.9 Å². The fourth-order valence-electron chi connectivity index (χ4n) is 3.26. The van der Waals surface area contributed by atoms with Crippen LogP contribution in [0.3, 0.4) is 0 Å². The van der Waals surface area contributed by atoms with Gasteiger partial charge < -0.3 is 14.6 Å². The van der Waals surface area contributed by atoms with Crippen molar-refractivity contribution in [2.24, 2.45) is 5.16 Å². The maximum absolute atomic E-state index is 12.9. The summed E-state index contributed by atoms with van der Waals surface area (Å²) in [5, 5.41) is 3.99. The highest BCUT2D eigenvalue weighted by molar-refractivity contribution is 6.39. The van der Waals surface area contributed by atoms with E-state index in [0.29, 0.717) is 38.1 Å². The first-order chi connectivity index (χ1) is 12.6. The van der Waals surface area contributed by atoms with Crippen molar-refractivity contribution in [3.05, 3.63) is 18.1 Å². The van der Waals surface area contributed by atoms with E-state index < -0.39 is 17.5 Å². The second-order valence-corrected chi connectivity index (χ2v) is 7.28. The van der Waals surface area contributed by atoms with E-state index >= 15 is 0 Å². The van der Waals surface area contributed by atoms with Crippen LogP contribution in [-0.2, 0) is 15.8 Å². The fourth-order valence-corrected chi connectivity index (χ4v) is 3.26. The first kappa shape index (κ1) is 19.4. The maximum atomic E-state index is 12.9. The van der Waals surface area contributed by atoms with E-state index in [4.69, 9.17) is 4.84 Å². The summed E-state index contributed by atoms with van der Waals surface area (Å²) in [5.74, 6) is -0.000493. The Hall–Kier alpha value is -2.39. The van der Waals surface area contributed by atoms with Gasteiger partial charge in [0.15, 0.2) is 5.60 Å². The summed E-state index contributed by atoms with van der Waals surface area (Å²) in [4.78, 5) is 28.7. The molecule has 1 aromatic heterocycles. The van der Waals surface area contributed by atoms with Gasteiger partial charge in [-0.15, -0.1) is 0 Å². The van der Waals surface area contributed by atoms with Gasteiger partial charge in [0.1, 0.15) is 23.6 Å². The zero-order valence-corrected chi connectivity index (χ0v) is 15.5. The third-order valence-corrected chi connectivity index (χ3v) is 4.99. The molecule has 0 aromatic carbocycles. The number of rotatable bonds is 3. The van der Waals surface area contributed by atoms with E-state index in [-0.39, 0.29) is 17.8 Å². The Morgan fingerprint density at radius 1 is 1.37 bits per heavy atom. The largest absolute Gasteiger partial charge is 0.433 e. The molecule has 1 amide bonds. The van der Waals surface area contributed by atoms with Gasteiger partial charge in [0.2, 0.25) is 0 Å². The molecule has 1 spiro atoms. The zero-order chi connectivity index (χ0) is 19.8. The predicted molar refractivity (Wildman–Crippen MR) is 92.3 cm³/mol. The Morgan fingerprint density at radius 2 is 2.11 bits per heavy atom. The second-order valence-electron chi connectivity index (χ2n) is 7.28. The third kappa shape index (κ3) is 3.98. The molecule has 10 heteroatoms. The van der Waals surface area contributed by atoms with Crippen LogP contribution in [0.2, 0.25) is 0 Å². The lowest BCUT2D eigenvalue weighted by atomic mass is 9.88. The van der Waals surface area contributed by atoms with Crippen LogP contribution in [0.25, 0.3) is 0 Å². The van der Waals surface area contributed by atoms with Crippen molar-refractivity contribution in [2.75, 3.05) is 25.0 Å². The topological polar surface area (TPSA) is 70.9 Å². The summed E-state index contributed by atoms with van der Waals surface area (Å²) in [5.41, 5.74) is -1.36. The van der Waals surface area contributed by atoms with Crippen molar-refractivity contribution >= 4 is 17.4 Å². The quantitative estimate of drug-likeness (QED) is 0.800. The molecule has 27 heavy (non-hydrogen) atoms. The third-order valence-electron chi connectivity index (χ3n) is 4.99. The molecule has 1 atom stereocenters. The number of oxime groups is 1. The number of carbonyl (C=O) groups excluding carboxylic acids is 1. The van der Waals surface area contributed by atoms with Crippen molar-refractivity contribution in [2.45, 2.75) is 50.9 Å². The molecule has 1 aromatic rings. The summed E-state index contributed by atoms with van der Waals surface area (Å²) >= 11 is 0. The molecule has 0 N–H and O–H groups in total. The van der Waals surface area contributed by atoms with Crippen molar-refractivity contribution in [3.8, 4) is 0 Å². The zero-order valence-electron chi connectivity index (χ0n) is 15.5. The molecule has 3 heterocycles. The lowest BCUT2D eigenvalue weighted by Gasteiger charge is -2.38. The number of aromatic nitrogens is 2. The highest BCUT2D eigenvalue weighted by atomic mass is 19.4. The van der Waals surface area contributed by atoms with Gasteiger partial charge in [-0.2, -0.15) is 13.2 Å².